The lowest BCUT2D eigenvalue weighted by Gasteiger charge is -2.32. The van der Waals surface area contributed by atoms with Gasteiger partial charge in [0.25, 0.3) is 0 Å². The molecule has 1 aromatic heterocycles. The highest BCUT2D eigenvalue weighted by Crippen LogP contribution is 2.30. The van der Waals surface area contributed by atoms with Crippen LogP contribution in [0.1, 0.15) is 50.1 Å². The number of hydrogen-bond acceptors (Lipinski definition) is 4. The summed E-state index contributed by atoms with van der Waals surface area (Å²) in [7, 11) is 0. The van der Waals surface area contributed by atoms with Crippen molar-refractivity contribution in [3.63, 3.8) is 0 Å². The summed E-state index contributed by atoms with van der Waals surface area (Å²) in [6.45, 7) is 4.75. The van der Waals surface area contributed by atoms with Crippen LogP contribution in [0.2, 0.25) is 0 Å². The predicted molar refractivity (Wildman–Crippen MR) is 103 cm³/mol. The van der Waals surface area contributed by atoms with Crippen LogP contribution in [0.3, 0.4) is 0 Å². The lowest BCUT2D eigenvalue weighted by atomic mass is 9.84. The van der Waals surface area contributed by atoms with E-state index in [9.17, 15) is 9.59 Å². The summed E-state index contributed by atoms with van der Waals surface area (Å²) in [6, 6.07) is 3.68. The van der Waals surface area contributed by atoms with Gasteiger partial charge in [-0.15, -0.1) is 0 Å². The molecular formula is C21H30N4O2. The van der Waals surface area contributed by atoms with Crippen molar-refractivity contribution in [2.45, 2.75) is 44.6 Å². The van der Waals surface area contributed by atoms with Crippen molar-refractivity contribution >= 4 is 11.8 Å². The Bertz CT molecular complexity index is 655. The fourth-order valence-corrected chi connectivity index (χ4v) is 4.49. The summed E-state index contributed by atoms with van der Waals surface area (Å²) < 4.78 is 0. The Morgan fingerprint density at radius 1 is 0.926 bits per heavy atom. The summed E-state index contributed by atoms with van der Waals surface area (Å²) in [5.74, 6) is 0.710. The lowest BCUT2D eigenvalue weighted by molar-refractivity contribution is -0.140. The Labute approximate surface area is 161 Å². The van der Waals surface area contributed by atoms with Crippen LogP contribution in [0.15, 0.2) is 24.5 Å². The van der Waals surface area contributed by atoms with Crippen LogP contribution in [-0.4, -0.2) is 70.8 Å². The minimum absolute atomic E-state index is 0.169. The molecule has 3 aliphatic rings. The maximum atomic E-state index is 13.5. The van der Waals surface area contributed by atoms with Gasteiger partial charge in [-0.3, -0.25) is 19.5 Å². The van der Waals surface area contributed by atoms with Gasteiger partial charge in [-0.25, -0.2) is 0 Å². The Hall–Kier alpha value is -1.95. The number of nitrogens with zero attached hydrogens (tertiary/aromatic N) is 4. The zero-order chi connectivity index (χ0) is 18.6. The summed E-state index contributed by atoms with van der Waals surface area (Å²) in [4.78, 5) is 36.6. The van der Waals surface area contributed by atoms with Crippen molar-refractivity contribution in [1.29, 1.82) is 0 Å². The van der Waals surface area contributed by atoms with Crippen molar-refractivity contribution < 1.29 is 9.59 Å². The standard InChI is InChI=1S/C21H30N4O2/c26-20(17-6-3-7-17)24-12-5-13-25(15-14-24)21(27)19(23-10-1-2-11-23)18-8-4-9-22-16-18/h4,8-9,16-17,19H,1-3,5-7,10-15H2/t19-/m0/s1. The van der Waals surface area contributed by atoms with Crippen LogP contribution in [-0.2, 0) is 9.59 Å². The van der Waals surface area contributed by atoms with Gasteiger partial charge in [0, 0.05) is 44.5 Å². The predicted octanol–water partition coefficient (Wildman–Crippen LogP) is 2.08. The van der Waals surface area contributed by atoms with Gasteiger partial charge in [0.1, 0.15) is 6.04 Å². The molecule has 1 saturated carbocycles. The molecule has 0 unspecified atom stereocenters. The second kappa shape index (κ2) is 8.38. The second-order valence-electron chi connectivity index (χ2n) is 8.06. The average Bonchev–Trinajstić information content (AvgIpc) is 3.04. The molecule has 6 nitrogen and oxygen atoms in total. The van der Waals surface area contributed by atoms with E-state index in [0.717, 1.165) is 63.8 Å². The summed E-state index contributed by atoms with van der Waals surface area (Å²) in [5.41, 5.74) is 0.982. The molecule has 0 N–H and O–H groups in total. The second-order valence-corrected chi connectivity index (χ2v) is 8.06. The Morgan fingerprint density at radius 3 is 2.33 bits per heavy atom. The van der Waals surface area contributed by atoms with E-state index in [1.54, 1.807) is 6.20 Å². The molecule has 0 radical (unpaired) electrons. The normalized spacial score (nSPS) is 23.0. The average molecular weight is 370 g/mol. The van der Waals surface area contributed by atoms with Crippen molar-refractivity contribution in [1.82, 2.24) is 19.7 Å². The highest BCUT2D eigenvalue weighted by molar-refractivity contribution is 5.84. The van der Waals surface area contributed by atoms with Crippen LogP contribution in [0, 0.1) is 5.92 Å². The molecule has 146 valence electrons. The molecule has 1 aromatic rings. The van der Waals surface area contributed by atoms with E-state index in [1.807, 2.05) is 28.1 Å². The molecule has 1 aliphatic carbocycles. The maximum absolute atomic E-state index is 13.5. The number of carbonyl (C=O) groups is 2. The third kappa shape index (κ3) is 4.00. The van der Waals surface area contributed by atoms with E-state index in [4.69, 9.17) is 0 Å². The smallest absolute Gasteiger partial charge is 0.244 e. The van der Waals surface area contributed by atoms with Crippen molar-refractivity contribution in [2.24, 2.45) is 5.92 Å². The zero-order valence-electron chi connectivity index (χ0n) is 16.1. The minimum Gasteiger partial charge on any atom is -0.341 e. The molecule has 3 heterocycles. The molecule has 0 aromatic carbocycles. The number of amides is 2. The summed E-state index contributed by atoms with van der Waals surface area (Å²) >= 11 is 0. The van der Waals surface area contributed by atoms with Gasteiger partial charge in [-0.2, -0.15) is 0 Å². The van der Waals surface area contributed by atoms with E-state index in [1.165, 1.54) is 6.42 Å². The van der Waals surface area contributed by atoms with Crippen molar-refractivity contribution in [2.75, 3.05) is 39.3 Å². The van der Waals surface area contributed by atoms with Crippen LogP contribution >= 0.6 is 0 Å². The largest absolute Gasteiger partial charge is 0.341 e. The molecule has 4 rings (SSSR count). The van der Waals surface area contributed by atoms with Gasteiger partial charge >= 0.3 is 0 Å². The molecule has 2 aliphatic heterocycles. The number of rotatable bonds is 4. The van der Waals surface area contributed by atoms with Crippen molar-refractivity contribution in [3.8, 4) is 0 Å². The first kappa shape index (κ1) is 18.4. The first-order valence-electron chi connectivity index (χ1n) is 10.5. The topological polar surface area (TPSA) is 56.8 Å². The lowest BCUT2D eigenvalue weighted by Crippen LogP contribution is -2.45. The first-order chi connectivity index (χ1) is 13.2. The summed E-state index contributed by atoms with van der Waals surface area (Å²) in [6.07, 6.45) is 9.99. The van der Waals surface area contributed by atoms with E-state index in [-0.39, 0.29) is 17.9 Å². The van der Waals surface area contributed by atoms with Gasteiger partial charge in [0.2, 0.25) is 11.8 Å². The molecule has 2 saturated heterocycles. The van der Waals surface area contributed by atoms with Gasteiger partial charge in [0.15, 0.2) is 0 Å². The highest BCUT2D eigenvalue weighted by atomic mass is 16.2. The highest BCUT2D eigenvalue weighted by Gasteiger charge is 2.35. The SMILES string of the molecule is O=C(C1CCC1)N1CCCN(C(=O)[C@H](c2cccnc2)N2CCCC2)CC1. The van der Waals surface area contributed by atoms with Crippen LogP contribution in [0.4, 0.5) is 0 Å². The maximum Gasteiger partial charge on any atom is 0.244 e. The minimum atomic E-state index is -0.241. The molecule has 2 amide bonds. The number of aromatic nitrogens is 1. The Morgan fingerprint density at radius 2 is 1.67 bits per heavy atom. The van der Waals surface area contributed by atoms with Crippen LogP contribution in [0.25, 0.3) is 0 Å². The summed E-state index contributed by atoms with van der Waals surface area (Å²) in [5, 5.41) is 0. The molecule has 0 bridgehead atoms. The van der Waals surface area contributed by atoms with Crippen LogP contribution < -0.4 is 0 Å². The number of likely N-dealkylation sites (tertiary alicyclic amines) is 1. The molecule has 27 heavy (non-hydrogen) atoms. The quantitative estimate of drug-likeness (QED) is 0.814. The van der Waals surface area contributed by atoms with Crippen LogP contribution in [0.5, 0.6) is 0 Å². The van der Waals surface area contributed by atoms with E-state index < -0.39 is 0 Å². The van der Waals surface area contributed by atoms with E-state index in [0.29, 0.717) is 19.0 Å². The number of hydrogen-bond donors (Lipinski definition) is 0. The number of carbonyl (C=O) groups excluding carboxylic acids is 2. The van der Waals surface area contributed by atoms with Gasteiger partial charge < -0.3 is 9.80 Å². The van der Waals surface area contributed by atoms with E-state index >= 15 is 0 Å². The fraction of sp³-hybridized carbons (Fsp3) is 0.667. The van der Waals surface area contributed by atoms with Crippen molar-refractivity contribution in [3.05, 3.63) is 30.1 Å². The Kier molecular flexibility index (Phi) is 5.72. The third-order valence-electron chi connectivity index (χ3n) is 6.31. The fourth-order valence-electron chi connectivity index (χ4n) is 4.49. The van der Waals surface area contributed by atoms with Gasteiger partial charge in [-0.05, 0) is 56.8 Å². The molecule has 1 atom stereocenters. The van der Waals surface area contributed by atoms with E-state index in [2.05, 4.69) is 9.88 Å². The Balaban J connectivity index is 1.45. The molecule has 3 fully saturated rings. The zero-order valence-corrected chi connectivity index (χ0v) is 16.1. The molecule has 0 spiro atoms. The molecular weight excluding hydrogens is 340 g/mol. The first-order valence-corrected chi connectivity index (χ1v) is 10.5. The van der Waals surface area contributed by atoms with Gasteiger partial charge in [-0.1, -0.05) is 12.5 Å². The monoisotopic (exact) mass is 370 g/mol. The van der Waals surface area contributed by atoms with Gasteiger partial charge in [0.05, 0.1) is 0 Å². The third-order valence-corrected chi connectivity index (χ3v) is 6.31. The molecule has 6 heteroatoms. The number of pyridine rings is 1.